The average molecular weight is 242 g/mol. The van der Waals surface area contributed by atoms with Crippen molar-refractivity contribution in [3.63, 3.8) is 0 Å². The molecule has 0 aliphatic carbocycles. The first kappa shape index (κ1) is 8.90. The molecule has 0 aromatic heterocycles. The van der Waals surface area contributed by atoms with E-state index in [1.54, 1.807) is 0 Å². The summed E-state index contributed by atoms with van der Waals surface area (Å²) in [6.45, 7) is 0. The molecule has 0 N–H and O–H groups in total. The quantitative estimate of drug-likeness (QED) is 0.453. The minimum Gasteiger partial charge on any atom is -0.295 e. The van der Waals surface area contributed by atoms with Crippen LogP contribution in [-0.4, -0.2) is 12.6 Å². The van der Waals surface area contributed by atoms with Crippen molar-refractivity contribution in [2.75, 3.05) is 0 Å². The molecule has 0 aromatic carbocycles. The van der Waals surface area contributed by atoms with Gasteiger partial charge in [-0.15, -0.1) is 0 Å². The van der Waals surface area contributed by atoms with Crippen LogP contribution in [0, 0.1) is 0 Å². The summed E-state index contributed by atoms with van der Waals surface area (Å²) >= 11 is 0. The van der Waals surface area contributed by atoms with E-state index in [4.69, 9.17) is 9.59 Å². The van der Waals surface area contributed by atoms with E-state index in [1.807, 2.05) is 0 Å². The zero-order valence-corrected chi connectivity index (χ0v) is 5.31. The van der Waals surface area contributed by atoms with Gasteiger partial charge in [-0.25, -0.2) is 0 Å². The van der Waals surface area contributed by atoms with E-state index < -0.39 is 0 Å². The molecule has 0 aliphatic rings. The number of hydrogen-bond acceptors (Lipinski definition) is 2. The molecule has 0 amide bonds. The van der Waals surface area contributed by atoms with Gasteiger partial charge >= 0.3 is 0 Å². The second kappa shape index (κ2) is 8.98. The van der Waals surface area contributed by atoms with Crippen LogP contribution in [0.2, 0.25) is 0 Å². The summed E-state index contributed by atoms with van der Waals surface area (Å²) in [4.78, 5) is 17.6. The van der Waals surface area contributed by atoms with Gasteiger partial charge in [0.05, 0.1) is 0 Å². The molecule has 0 radical (unpaired) electrons. The molecule has 0 bridgehead atoms. The van der Waals surface area contributed by atoms with Crippen molar-refractivity contribution in [2.45, 2.75) is 0 Å². The van der Waals surface area contributed by atoms with Crippen molar-refractivity contribution in [2.24, 2.45) is 0 Å². The molecular weight excluding hydrogens is 240 g/mol. The Hall–Kier alpha value is 0.0283. The summed E-state index contributed by atoms with van der Waals surface area (Å²) in [5.41, 5.74) is 0. The topological polar surface area (TPSA) is 34.1 Å². The fraction of sp³-hybridized carbons (Fsp3) is 0. The van der Waals surface area contributed by atoms with Crippen LogP contribution in [0.25, 0.3) is 0 Å². The van der Waals surface area contributed by atoms with Gasteiger partial charge in [0, 0.05) is 21.1 Å². The van der Waals surface area contributed by atoms with Gasteiger partial charge in [0.2, 0.25) is 0 Å². The number of carbonyl (C=O) groups excluding carboxylic acids is 2. The van der Waals surface area contributed by atoms with Crippen LogP contribution in [0.15, 0.2) is 0 Å². The fourth-order valence-electron chi connectivity index (χ4n) is 0. The van der Waals surface area contributed by atoms with Crippen molar-refractivity contribution in [1.82, 2.24) is 0 Å². The molecule has 0 aliphatic heterocycles. The molecule has 0 fully saturated rings. The first-order chi connectivity index (χ1) is 1.91. The number of carbonyl (C=O) groups is 2. The van der Waals surface area contributed by atoms with Gasteiger partial charge in [0.25, 0.3) is 0 Å². The molecule has 28 valence electrons. The Morgan fingerprint density at radius 2 is 1.20 bits per heavy atom. The van der Waals surface area contributed by atoms with Gasteiger partial charge in [0.15, 0.2) is 12.6 Å². The molecule has 2 nitrogen and oxygen atoms in total. The average Bonchev–Trinajstić information content (AvgIpc) is 1.37. The van der Waals surface area contributed by atoms with Gasteiger partial charge in [-0.1, -0.05) is 0 Å². The molecule has 0 heterocycles. The van der Waals surface area contributed by atoms with Crippen molar-refractivity contribution >= 4 is 12.6 Å². The SMILES string of the molecule is O=CC=O.[W]. The molecule has 0 atom stereocenters. The third-order valence-electron chi connectivity index (χ3n) is 0.0556. The van der Waals surface area contributed by atoms with Gasteiger partial charge < -0.3 is 0 Å². The van der Waals surface area contributed by atoms with E-state index >= 15 is 0 Å². The summed E-state index contributed by atoms with van der Waals surface area (Å²) in [5, 5.41) is 0. The fourth-order valence-corrected chi connectivity index (χ4v) is 0. The second-order valence-corrected chi connectivity index (χ2v) is 0.272. The third-order valence-corrected chi connectivity index (χ3v) is 0.0556. The number of aldehydes is 2. The smallest absolute Gasteiger partial charge is 0.182 e. The summed E-state index contributed by atoms with van der Waals surface area (Å²) in [6, 6.07) is 0. The van der Waals surface area contributed by atoms with E-state index in [-0.39, 0.29) is 33.6 Å². The van der Waals surface area contributed by atoms with Crippen molar-refractivity contribution in [3.05, 3.63) is 0 Å². The normalized spacial score (nSPS) is 4.00. The summed E-state index contributed by atoms with van der Waals surface area (Å²) < 4.78 is 0. The van der Waals surface area contributed by atoms with E-state index in [1.165, 1.54) is 0 Å². The Bertz CT molecular complexity index is 28.6. The van der Waals surface area contributed by atoms with Crippen LogP contribution < -0.4 is 0 Å². The summed E-state index contributed by atoms with van der Waals surface area (Å²) in [7, 11) is 0. The molecule has 0 unspecified atom stereocenters. The zero-order chi connectivity index (χ0) is 3.41. The minimum absolute atomic E-state index is 0. The standard InChI is InChI=1S/C2H2O2.W/c3-1-2-4;/h1-2H;. The molecular formula is C2H2O2W. The molecule has 0 rings (SSSR count). The Morgan fingerprint density at radius 1 is 1.00 bits per heavy atom. The molecule has 5 heavy (non-hydrogen) atoms. The largest absolute Gasteiger partial charge is 0.295 e. The Balaban J connectivity index is 0. The first-order valence-electron chi connectivity index (χ1n) is 0.805. The molecule has 0 saturated carbocycles. The Morgan fingerprint density at radius 3 is 1.20 bits per heavy atom. The Labute approximate surface area is 43.8 Å². The van der Waals surface area contributed by atoms with Crippen LogP contribution in [-0.2, 0) is 30.7 Å². The van der Waals surface area contributed by atoms with Gasteiger partial charge in [-0.3, -0.25) is 9.59 Å². The predicted octanol–water partition coefficient (Wildman–Crippen LogP) is -0.618. The molecule has 3 heteroatoms. The zero-order valence-electron chi connectivity index (χ0n) is 2.38. The van der Waals surface area contributed by atoms with Gasteiger partial charge in [-0.05, 0) is 0 Å². The maximum atomic E-state index is 8.81. The predicted molar refractivity (Wildman–Crippen MR) is 12.1 cm³/mol. The van der Waals surface area contributed by atoms with Crippen LogP contribution in [0.5, 0.6) is 0 Å². The van der Waals surface area contributed by atoms with E-state index in [9.17, 15) is 0 Å². The van der Waals surface area contributed by atoms with E-state index in [0.29, 0.717) is 0 Å². The molecule has 0 saturated heterocycles. The first-order valence-corrected chi connectivity index (χ1v) is 0.805. The maximum Gasteiger partial charge on any atom is 0.182 e. The molecule has 0 spiro atoms. The maximum absolute atomic E-state index is 8.81. The molecule has 0 aromatic rings. The third kappa shape index (κ3) is 15.7. The van der Waals surface area contributed by atoms with Crippen LogP contribution in [0.1, 0.15) is 0 Å². The minimum atomic E-state index is 0. The second-order valence-electron chi connectivity index (χ2n) is 0.272. The van der Waals surface area contributed by atoms with Crippen LogP contribution in [0.3, 0.4) is 0 Å². The summed E-state index contributed by atoms with van der Waals surface area (Å²) in [5.74, 6) is 0. The van der Waals surface area contributed by atoms with Crippen LogP contribution in [0.4, 0.5) is 0 Å². The Kier molecular flexibility index (Phi) is 16.0. The van der Waals surface area contributed by atoms with Gasteiger partial charge in [0.1, 0.15) is 0 Å². The van der Waals surface area contributed by atoms with Gasteiger partial charge in [-0.2, -0.15) is 0 Å². The van der Waals surface area contributed by atoms with Crippen LogP contribution >= 0.6 is 0 Å². The van der Waals surface area contributed by atoms with Crippen molar-refractivity contribution in [3.8, 4) is 0 Å². The van der Waals surface area contributed by atoms with Crippen molar-refractivity contribution in [1.29, 1.82) is 0 Å². The van der Waals surface area contributed by atoms with E-state index in [0.717, 1.165) is 0 Å². The number of rotatable bonds is 1. The summed E-state index contributed by atoms with van der Waals surface area (Å²) in [6.07, 6.45) is 0.389. The number of hydrogen-bond donors (Lipinski definition) is 0. The van der Waals surface area contributed by atoms with Crippen molar-refractivity contribution < 1.29 is 30.7 Å². The van der Waals surface area contributed by atoms with E-state index in [2.05, 4.69) is 0 Å². The monoisotopic (exact) mass is 242 g/mol.